The fourth-order valence-corrected chi connectivity index (χ4v) is 1.49. The lowest BCUT2D eigenvalue weighted by Crippen LogP contribution is -2.49. The van der Waals surface area contributed by atoms with Crippen LogP contribution in [0.15, 0.2) is 24.3 Å². The van der Waals surface area contributed by atoms with E-state index in [-0.39, 0.29) is 11.3 Å². The van der Waals surface area contributed by atoms with E-state index in [0.717, 1.165) is 0 Å². The van der Waals surface area contributed by atoms with Crippen LogP contribution < -0.4 is 10.6 Å². The van der Waals surface area contributed by atoms with Gasteiger partial charge in [0.1, 0.15) is 0 Å². The van der Waals surface area contributed by atoms with Crippen molar-refractivity contribution >= 4 is 11.6 Å². The van der Waals surface area contributed by atoms with Gasteiger partial charge < -0.3 is 10.6 Å². The van der Waals surface area contributed by atoms with Crippen molar-refractivity contribution < 1.29 is 4.79 Å². The fourth-order valence-electron chi connectivity index (χ4n) is 1.49. The lowest BCUT2D eigenvalue weighted by molar-refractivity contribution is -0.121. The van der Waals surface area contributed by atoms with Gasteiger partial charge in [0, 0.05) is 12.7 Å². The van der Waals surface area contributed by atoms with E-state index >= 15 is 0 Å². The van der Waals surface area contributed by atoms with Crippen LogP contribution in [-0.2, 0) is 4.79 Å². The summed E-state index contributed by atoms with van der Waals surface area (Å²) in [7, 11) is 1.67. The Morgan fingerprint density at radius 3 is 2.56 bits per heavy atom. The molecule has 1 atom stereocenters. The van der Waals surface area contributed by atoms with Crippen LogP contribution in [0.1, 0.15) is 26.3 Å². The highest BCUT2D eigenvalue weighted by atomic mass is 16.2. The molecule has 0 radical (unpaired) electrons. The number of carbonyl (C=O) groups excluding carboxylic acids is 1. The van der Waals surface area contributed by atoms with Gasteiger partial charge in [-0.2, -0.15) is 5.26 Å². The van der Waals surface area contributed by atoms with Crippen molar-refractivity contribution in [3.05, 3.63) is 29.8 Å². The molecule has 0 aliphatic carbocycles. The molecular weight excluding hydrogens is 226 g/mol. The maximum absolute atomic E-state index is 12.2. The van der Waals surface area contributed by atoms with Gasteiger partial charge in [0.15, 0.2) is 0 Å². The van der Waals surface area contributed by atoms with Crippen LogP contribution in [-0.4, -0.2) is 19.0 Å². The van der Waals surface area contributed by atoms with Crippen molar-refractivity contribution in [2.45, 2.75) is 26.8 Å². The molecule has 0 aliphatic rings. The first-order valence-corrected chi connectivity index (χ1v) is 5.80. The van der Waals surface area contributed by atoms with Crippen molar-refractivity contribution in [2.75, 3.05) is 11.9 Å². The Balaban J connectivity index is 2.97. The molecule has 1 aromatic carbocycles. The molecule has 0 spiro atoms. The molecule has 0 heterocycles. The summed E-state index contributed by atoms with van der Waals surface area (Å²) in [5.74, 6) is -0.155. The number of rotatable bonds is 2. The van der Waals surface area contributed by atoms with Gasteiger partial charge in [-0.1, -0.05) is 26.8 Å². The Labute approximate surface area is 108 Å². The van der Waals surface area contributed by atoms with Gasteiger partial charge >= 0.3 is 0 Å². The van der Waals surface area contributed by atoms with Gasteiger partial charge in [0.25, 0.3) is 0 Å². The maximum Gasteiger partial charge on any atom is 0.244 e. The van der Waals surface area contributed by atoms with Gasteiger partial charge in [-0.15, -0.1) is 0 Å². The third-order valence-electron chi connectivity index (χ3n) is 2.89. The van der Waals surface area contributed by atoms with Crippen molar-refractivity contribution in [3.8, 4) is 6.07 Å². The van der Waals surface area contributed by atoms with E-state index in [0.29, 0.717) is 11.3 Å². The second-order valence-corrected chi connectivity index (χ2v) is 5.40. The number of hydrogen-bond acceptors (Lipinski definition) is 3. The van der Waals surface area contributed by atoms with E-state index in [1.165, 1.54) is 4.90 Å². The molecule has 1 amide bonds. The van der Waals surface area contributed by atoms with Crippen LogP contribution in [0, 0.1) is 16.7 Å². The SMILES string of the molecule is CN(C(=O)C(N)C(C)(C)C)c1cccc(C#N)c1. The lowest BCUT2D eigenvalue weighted by atomic mass is 9.86. The van der Waals surface area contributed by atoms with Gasteiger partial charge in [0.05, 0.1) is 17.7 Å². The molecule has 0 saturated heterocycles. The van der Waals surface area contributed by atoms with E-state index in [1.54, 1.807) is 31.3 Å². The van der Waals surface area contributed by atoms with Gasteiger partial charge in [0.2, 0.25) is 5.91 Å². The molecular formula is C14H19N3O. The molecule has 0 saturated carbocycles. The normalized spacial score (nSPS) is 12.7. The molecule has 4 heteroatoms. The summed E-state index contributed by atoms with van der Waals surface area (Å²) in [5.41, 5.74) is 6.86. The molecule has 0 fully saturated rings. The summed E-state index contributed by atoms with van der Waals surface area (Å²) >= 11 is 0. The number of hydrogen-bond donors (Lipinski definition) is 1. The highest BCUT2D eigenvalue weighted by Crippen LogP contribution is 2.22. The minimum Gasteiger partial charge on any atom is -0.319 e. The second-order valence-electron chi connectivity index (χ2n) is 5.40. The third-order valence-corrected chi connectivity index (χ3v) is 2.89. The number of carbonyl (C=O) groups is 1. The summed E-state index contributed by atoms with van der Waals surface area (Å²) in [6, 6.07) is 8.39. The molecule has 18 heavy (non-hydrogen) atoms. The molecule has 4 nitrogen and oxygen atoms in total. The molecule has 2 N–H and O–H groups in total. The van der Waals surface area contributed by atoms with Crippen LogP contribution in [0.2, 0.25) is 0 Å². The zero-order chi connectivity index (χ0) is 13.9. The first-order valence-electron chi connectivity index (χ1n) is 5.80. The number of nitriles is 1. The Bertz CT molecular complexity index is 483. The number of anilines is 1. The number of nitrogens with zero attached hydrogens (tertiary/aromatic N) is 2. The number of benzene rings is 1. The third kappa shape index (κ3) is 3.08. The fraction of sp³-hybridized carbons (Fsp3) is 0.429. The number of likely N-dealkylation sites (N-methyl/N-ethyl adjacent to an activating group) is 1. The topological polar surface area (TPSA) is 70.1 Å². The largest absolute Gasteiger partial charge is 0.319 e. The molecule has 1 unspecified atom stereocenters. The summed E-state index contributed by atoms with van der Waals surface area (Å²) < 4.78 is 0. The van der Waals surface area contributed by atoms with Crippen LogP contribution in [0.5, 0.6) is 0 Å². The predicted molar refractivity (Wildman–Crippen MR) is 72.0 cm³/mol. The van der Waals surface area contributed by atoms with Gasteiger partial charge in [-0.25, -0.2) is 0 Å². The quantitative estimate of drug-likeness (QED) is 0.865. The Morgan fingerprint density at radius 2 is 2.06 bits per heavy atom. The van der Waals surface area contributed by atoms with Crippen LogP contribution in [0.4, 0.5) is 5.69 Å². The van der Waals surface area contributed by atoms with E-state index < -0.39 is 6.04 Å². The van der Waals surface area contributed by atoms with Gasteiger partial charge in [-0.05, 0) is 23.6 Å². The van der Waals surface area contributed by atoms with Crippen LogP contribution in [0.25, 0.3) is 0 Å². The van der Waals surface area contributed by atoms with Crippen molar-refractivity contribution in [3.63, 3.8) is 0 Å². The molecule has 0 bridgehead atoms. The smallest absolute Gasteiger partial charge is 0.244 e. The number of amides is 1. The van der Waals surface area contributed by atoms with Crippen molar-refractivity contribution in [1.29, 1.82) is 5.26 Å². The van der Waals surface area contributed by atoms with Crippen molar-refractivity contribution in [1.82, 2.24) is 0 Å². The summed E-state index contributed by atoms with van der Waals surface area (Å²) in [5, 5.41) is 8.84. The minimum absolute atomic E-state index is 0.155. The molecule has 0 aromatic heterocycles. The Hall–Kier alpha value is -1.86. The van der Waals surface area contributed by atoms with E-state index in [4.69, 9.17) is 11.0 Å². The zero-order valence-corrected chi connectivity index (χ0v) is 11.3. The first-order chi connectivity index (χ1) is 8.27. The molecule has 0 aliphatic heterocycles. The van der Waals surface area contributed by atoms with E-state index in [9.17, 15) is 4.79 Å². The van der Waals surface area contributed by atoms with Crippen LogP contribution in [0.3, 0.4) is 0 Å². The van der Waals surface area contributed by atoms with Crippen molar-refractivity contribution in [2.24, 2.45) is 11.1 Å². The monoisotopic (exact) mass is 245 g/mol. The highest BCUT2D eigenvalue weighted by molar-refractivity contribution is 5.97. The van der Waals surface area contributed by atoms with E-state index in [1.807, 2.05) is 20.8 Å². The standard InChI is InChI=1S/C14H19N3O/c1-14(2,3)12(16)13(18)17(4)11-7-5-6-10(8-11)9-15/h5-8,12H,16H2,1-4H3. The molecule has 1 aromatic rings. The first kappa shape index (κ1) is 14.2. The second kappa shape index (κ2) is 5.19. The highest BCUT2D eigenvalue weighted by Gasteiger charge is 2.30. The van der Waals surface area contributed by atoms with Crippen LogP contribution >= 0.6 is 0 Å². The van der Waals surface area contributed by atoms with E-state index in [2.05, 4.69) is 6.07 Å². The average molecular weight is 245 g/mol. The Morgan fingerprint density at radius 1 is 1.44 bits per heavy atom. The number of nitrogens with two attached hydrogens (primary N) is 1. The summed E-state index contributed by atoms with van der Waals surface area (Å²) in [6.07, 6.45) is 0. The average Bonchev–Trinajstić information content (AvgIpc) is 2.35. The molecule has 96 valence electrons. The Kier molecular flexibility index (Phi) is 4.10. The predicted octanol–water partition coefficient (Wildman–Crippen LogP) is 1.89. The lowest BCUT2D eigenvalue weighted by Gasteiger charge is -2.30. The summed E-state index contributed by atoms with van der Waals surface area (Å²) in [6.45, 7) is 5.78. The summed E-state index contributed by atoms with van der Waals surface area (Å²) in [4.78, 5) is 13.7. The van der Waals surface area contributed by atoms with Gasteiger partial charge in [-0.3, -0.25) is 4.79 Å². The molecule has 1 rings (SSSR count). The zero-order valence-electron chi connectivity index (χ0n) is 11.3. The maximum atomic E-state index is 12.2. The minimum atomic E-state index is -0.576.